The average Bonchev–Trinajstić information content (AvgIpc) is 2.38. The minimum absolute atomic E-state index is 0.0779. The van der Waals surface area contributed by atoms with Gasteiger partial charge in [0.2, 0.25) is 5.91 Å². The van der Waals surface area contributed by atoms with Crippen molar-refractivity contribution in [2.45, 2.75) is 26.8 Å². The van der Waals surface area contributed by atoms with E-state index in [2.05, 4.69) is 5.32 Å². The van der Waals surface area contributed by atoms with E-state index in [9.17, 15) is 9.59 Å². The van der Waals surface area contributed by atoms with Gasteiger partial charge in [0.1, 0.15) is 0 Å². The molecule has 6 heteroatoms. The maximum Gasteiger partial charge on any atom is 0.338 e. The van der Waals surface area contributed by atoms with Crippen molar-refractivity contribution < 1.29 is 14.3 Å². The summed E-state index contributed by atoms with van der Waals surface area (Å²) in [5.74, 6) is -0.507. The fraction of sp³-hybridized carbons (Fsp3) is 0.467. The molecule has 1 rings (SSSR count). The lowest BCUT2D eigenvalue weighted by atomic mass is 10.1. The van der Waals surface area contributed by atoms with Gasteiger partial charge in [0, 0.05) is 13.1 Å². The van der Waals surface area contributed by atoms with Crippen LogP contribution in [0.3, 0.4) is 0 Å². The number of carbonyl (C=O) groups is 2. The molecule has 1 aromatic carbocycles. The summed E-state index contributed by atoms with van der Waals surface area (Å²) in [7, 11) is 1.75. The van der Waals surface area contributed by atoms with Crippen LogP contribution in [-0.4, -0.2) is 38.1 Å². The minimum Gasteiger partial charge on any atom is -0.462 e. The second-order valence-electron chi connectivity index (χ2n) is 5.07. The van der Waals surface area contributed by atoms with Crippen molar-refractivity contribution in [3.8, 4) is 0 Å². The van der Waals surface area contributed by atoms with Gasteiger partial charge >= 0.3 is 5.97 Å². The number of nitrogen functional groups attached to an aromatic ring is 1. The van der Waals surface area contributed by atoms with Crippen LogP contribution in [0.15, 0.2) is 18.2 Å². The number of nitrogens with zero attached hydrogens (tertiary/aromatic N) is 1. The Kier molecular flexibility index (Phi) is 6.02. The quantitative estimate of drug-likeness (QED) is 0.612. The molecule has 1 amide bonds. The largest absolute Gasteiger partial charge is 0.462 e. The smallest absolute Gasteiger partial charge is 0.338 e. The minimum atomic E-state index is -0.404. The molecule has 3 N–H and O–H groups in total. The number of rotatable bonds is 6. The molecule has 1 aromatic rings. The zero-order valence-corrected chi connectivity index (χ0v) is 13.0. The Bertz CT molecular complexity index is 515. The zero-order chi connectivity index (χ0) is 16.0. The molecule has 0 aromatic heterocycles. The van der Waals surface area contributed by atoms with Gasteiger partial charge in [-0.05, 0) is 39.0 Å². The molecule has 0 radical (unpaired) electrons. The number of hydrogen-bond donors (Lipinski definition) is 2. The maximum absolute atomic E-state index is 11.8. The standard InChI is InChI=1S/C15H23N3O3/c1-5-21-15(20)11-6-7-12(16)13(8-11)18(4)9-14(19)17-10(2)3/h6-8,10H,5,9,16H2,1-4H3,(H,17,19). The lowest BCUT2D eigenvalue weighted by molar-refractivity contribution is -0.120. The van der Waals surface area contributed by atoms with Gasteiger partial charge in [-0.25, -0.2) is 4.79 Å². The first-order valence-electron chi connectivity index (χ1n) is 6.92. The first-order valence-corrected chi connectivity index (χ1v) is 6.92. The van der Waals surface area contributed by atoms with E-state index < -0.39 is 5.97 Å². The third-order valence-electron chi connectivity index (χ3n) is 2.78. The van der Waals surface area contributed by atoms with Crippen LogP contribution < -0.4 is 16.0 Å². The van der Waals surface area contributed by atoms with Crippen LogP contribution in [0.1, 0.15) is 31.1 Å². The number of esters is 1. The van der Waals surface area contributed by atoms with Crippen LogP contribution in [0.4, 0.5) is 11.4 Å². The van der Waals surface area contributed by atoms with Crippen molar-refractivity contribution in [3.63, 3.8) is 0 Å². The number of hydrogen-bond acceptors (Lipinski definition) is 5. The normalized spacial score (nSPS) is 10.3. The number of carbonyl (C=O) groups excluding carboxylic acids is 2. The van der Waals surface area contributed by atoms with Crippen LogP contribution in [0.2, 0.25) is 0 Å². The highest BCUT2D eigenvalue weighted by molar-refractivity contribution is 5.92. The van der Waals surface area contributed by atoms with Crippen LogP contribution in [0.25, 0.3) is 0 Å². The summed E-state index contributed by atoms with van der Waals surface area (Å²) in [4.78, 5) is 25.2. The van der Waals surface area contributed by atoms with Gasteiger partial charge in [0.25, 0.3) is 0 Å². The molecule has 0 fully saturated rings. The number of anilines is 2. The predicted molar refractivity (Wildman–Crippen MR) is 83.4 cm³/mol. The molecule has 0 saturated heterocycles. The van der Waals surface area contributed by atoms with Crippen molar-refractivity contribution in [2.75, 3.05) is 30.8 Å². The maximum atomic E-state index is 11.8. The van der Waals surface area contributed by atoms with E-state index >= 15 is 0 Å². The number of nitrogens with one attached hydrogen (secondary N) is 1. The number of nitrogens with two attached hydrogens (primary N) is 1. The molecule has 0 saturated carbocycles. The average molecular weight is 293 g/mol. The summed E-state index contributed by atoms with van der Waals surface area (Å²) in [6.07, 6.45) is 0. The molecular formula is C15H23N3O3. The number of benzene rings is 1. The molecule has 6 nitrogen and oxygen atoms in total. The third-order valence-corrected chi connectivity index (χ3v) is 2.78. The van der Waals surface area contributed by atoms with Gasteiger partial charge in [0.05, 0.1) is 30.1 Å². The van der Waals surface area contributed by atoms with Gasteiger partial charge in [-0.2, -0.15) is 0 Å². The number of amides is 1. The second kappa shape index (κ2) is 7.52. The highest BCUT2D eigenvalue weighted by atomic mass is 16.5. The Balaban J connectivity index is 2.88. The van der Waals surface area contributed by atoms with E-state index in [4.69, 9.17) is 10.5 Å². The molecule has 0 aliphatic heterocycles. The first kappa shape index (κ1) is 16.8. The highest BCUT2D eigenvalue weighted by Gasteiger charge is 2.14. The molecule has 0 aliphatic carbocycles. The summed E-state index contributed by atoms with van der Waals surface area (Å²) in [5.41, 5.74) is 7.46. The van der Waals surface area contributed by atoms with Crippen molar-refractivity contribution >= 4 is 23.3 Å². The van der Waals surface area contributed by atoms with Gasteiger partial charge in [0.15, 0.2) is 0 Å². The molecule has 0 aliphatic rings. The van der Waals surface area contributed by atoms with Crippen LogP contribution >= 0.6 is 0 Å². The van der Waals surface area contributed by atoms with E-state index in [1.165, 1.54) is 0 Å². The SMILES string of the molecule is CCOC(=O)c1ccc(N)c(N(C)CC(=O)NC(C)C)c1. The van der Waals surface area contributed by atoms with Crippen molar-refractivity contribution in [2.24, 2.45) is 0 Å². The van der Waals surface area contributed by atoms with Gasteiger partial charge in [-0.15, -0.1) is 0 Å². The van der Waals surface area contributed by atoms with Crippen molar-refractivity contribution in [1.82, 2.24) is 5.32 Å². The van der Waals surface area contributed by atoms with Crippen LogP contribution in [0, 0.1) is 0 Å². The van der Waals surface area contributed by atoms with Gasteiger partial charge in [-0.3, -0.25) is 4.79 Å². The first-order chi connectivity index (χ1) is 9.85. The lowest BCUT2D eigenvalue weighted by Crippen LogP contribution is -2.38. The van der Waals surface area contributed by atoms with E-state index in [-0.39, 0.29) is 18.5 Å². The summed E-state index contributed by atoms with van der Waals surface area (Å²) in [6, 6.07) is 4.96. The molecule has 21 heavy (non-hydrogen) atoms. The Morgan fingerprint density at radius 3 is 2.62 bits per heavy atom. The summed E-state index contributed by atoms with van der Waals surface area (Å²) in [6.45, 7) is 6.01. The topological polar surface area (TPSA) is 84.7 Å². The second-order valence-corrected chi connectivity index (χ2v) is 5.07. The van der Waals surface area contributed by atoms with E-state index in [1.54, 1.807) is 37.1 Å². The summed E-state index contributed by atoms with van der Waals surface area (Å²) in [5, 5.41) is 2.81. The van der Waals surface area contributed by atoms with E-state index in [0.29, 0.717) is 23.5 Å². The van der Waals surface area contributed by atoms with E-state index in [1.807, 2.05) is 13.8 Å². The Morgan fingerprint density at radius 2 is 2.05 bits per heavy atom. The summed E-state index contributed by atoms with van der Waals surface area (Å²) >= 11 is 0. The van der Waals surface area contributed by atoms with E-state index in [0.717, 1.165) is 0 Å². The molecule has 0 bridgehead atoms. The molecule has 116 valence electrons. The Hall–Kier alpha value is -2.24. The Labute approximate surface area is 125 Å². The fourth-order valence-electron chi connectivity index (χ4n) is 1.88. The zero-order valence-electron chi connectivity index (χ0n) is 13.0. The number of ether oxygens (including phenoxy) is 1. The van der Waals surface area contributed by atoms with Gasteiger partial charge in [-0.1, -0.05) is 0 Å². The summed E-state index contributed by atoms with van der Waals surface area (Å²) < 4.78 is 4.96. The third kappa shape index (κ3) is 4.98. The van der Waals surface area contributed by atoms with Crippen LogP contribution in [0.5, 0.6) is 0 Å². The Morgan fingerprint density at radius 1 is 1.38 bits per heavy atom. The monoisotopic (exact) mass is 293 g/mol. The van der Waals surface area contributed by atoms with Crippen molar-refractivity contribution in [1.29, 1.82) is 0 Å². The molecule has 0 unspecified atom stereocenters. The van der Waals surface area contributed by atoms with Crippen LogP contribution in [-0.2, 0) is 9.53 Å². The van der Waals surface area contributed by atoms with Crippen molar-refractivity contribution in [3.05, 3.63) is 23.8 Å². The molecule has 0 heterocycles. The molecule has 0 spiro atoms. The predicted octanol–water partition coefficient (Wildman–Crippen LogP) is 1.41. The highest BCUT2D eigenvalue weighted by Crippen LogP contribution is 2.23. The lowest BCUT2D eigenvalue weighted by Gasteiger charge is -2.22. The fourth-order valence-corrected chi connectivity index (χ4v) is 1.88. The number of likely N-dealkylation sites (N-methyl/N-ethyl adjacent to an activating group) is 1. The molecular weight excluding hydrogens is 270 g/mol. The molecule has 0 atom stereocenters. The van der Waals surface area contributed by atoms with Gasteiger partial charge < -0.3 is 20.7 Å².